The molecule has 1 aromatic carbocycles. The van der Waals surface area contributed by atoms with Crippen LogP contribution in [0.25, 0.3) is 11.6 Å². The Morgan fingerprint density at radius 3 is 2.51 bits per heavy atom. The number of benzene rings is 1. The summed E-state index contributed by atoms with van der Waals surface area (Å²) >= 11 is 3.30. The number of rotatable bonds is 8. The average Bonchev–Trinajstić information content (AvgIpc) is 3.67. The Bertz CT molecular complexity index is 1650. The van der Waals surface area contributed by atoms with Crippen LogP contribution in [0.3, 0.4) is 0 Å². The van der Waals surface area contributed by atoms with Crippen LogP contribution in [-0.4, -0.2) is 46.7 Å². The molecular formula is C31H35BrFN5O7. The SMILES string of the molecule is COC(=O)c1coc(-c2nc([C@@H](NC(=O)[C@H](Cc3cc(F)c4c(c3)C(C#N)CC4)NC(=O)OC(C)(C)C)C(C)(C)C)oc2Br)n1. The van der Waals surface area contributed by atoms with E-state index in [1.54, 1.807) is 26.8 Å². The second kappa shape index (κ2) is 13.0. The van der Waals surface area contributed by atoms with Crippen LogP contribution in [0.1, 0.15) is 93.0 Å². The van der Waals surface area contributed by atoms with Crippen molar-refractivity contribution in [3.05, 3.63) is 57.2 Å². The Morgan fingerprint density at radius 1 is 1.18 bits per heavy atom. The number of nitrogens with zero attached hydrogens (tertiary/aromatic N) is 3. The molecule has 45 heavy (non-hydrogen) atoms. The smallest absolute Gasteiger partial charge is 0.408 e. The number of carbonyl (C=O) groups is 3. The largest absolute Gasteiger partial charge is 0.464 e. The van der Waals surface area contributed by atoms with Crippen molar-refractivity contribution in [3.8, 4) is 17.7 Å². The number of aromatic nitrogens is 2. The first-order valence-corrected chi connectivity index (χ1v) is 15.0. The van der Waals surface area contributed by atoms with Crippen LogP contribution < -0.4 is 10.6 Å². The van der Waals surface area contributed by atoms with Gasteiger partial charge in [0, 0.05) is 6.42 Å². The van der Waals surface area contributed by atoms with E-state index < -0.39 is 52.8 Å². The number of ether oxygens (including phenoxy) is 2. The zero-order valence-corrected chi connectivity index (χ0v) is 27.6. The van der Waals surface area contributed by atoms with E-state index in [0.29, 0.717) is 29.5 Å². The molecule has 1 aliphatic carbocycles. The fraction of sp³-hybridized carbons (Fsp3) is 0.484. The normalized spacial score (nSPS) is 15.9. The third-order valence-electron chi connectivity index (χ3n) is 7.05. The second-order valence-electron chi connectivity index (χ2n) is 12.8. The maximum atomic E-state index is 15.0. The van der Waals surface area contributed by atoms with Gasteiger partial charge in [-0.2, -0.15) is 5.26 Å². The van der Waals surface area contributed by atoms with Gasteiger partial charge >= 0.3 is 12.1 Å². The maximum Gasteiger partial charge on any atom is 0.408 e. The number of nitrogens with one attached hydrogen (secondary N) is 2. The van der Waals surface area contributed by atoms with Crippen LogP contribution in [0.2, 0.25) is 0 Å². The van der Waals surface area contributed by atoms with Crippen LogP contribution in [0.5, 0.6) is 0 Å². The molecule has 3 atom stereocenters. The summed E-state index contributed by atoms with van der Waals surface area (Å²) in [5.41, 5.74) is 0.0968. The number of hydrogen-bond acceptors (Lipinski definition) is 10. The highest BCUT2D eigenvalue weighted by molar-refractivity contribution is 9.10. The van der Waals surface area contributed by atoms with Crippen LogP contribution in [-0.2, 0) is 27.1 Å². The molecule has 14 heteroatoms. The number of carbonyl (C=O) groups excluding carboxylic acids is 3. The quantitative estimate of drug-likeness (QED) is 0.271. The molecule has 3 aromatic rings. The number of esters is 1. The number of hydrogen-bond donors (Lipinski definition) is 2. The standard InChI is InChI=1S/C31H35BrFN5O7/c1-30(2,3)23(27-37-22(24(32)44-27)26-35-21(14-43-26)28(40)42-7)38-25(39)20(36-29(41)45-31(4,5)6)12-15-10-18-16(13-34)8-9-17(18)19(33)11-15/h10-11,14,16,20,23H,8-9,12H2,1-7H3,(H,36,41)(H,38,39)/t16?,20-,23+/m0/s1. The second-order valence-corrected chi connectivity index (χ2v) is 13.5. The number of amides is 2. The van der Waals surface area contributed by atoms with Gasteiger partial charge in [0.25, 0.3) is 5.89 Å². The van der Waals surface area contributed by atoms with Crippen molar-refractivity contribution >= 4 is 33.9 Å². The van der Waals surface area contributed by atoms with E-state index in [1.807, 2.05) is 20.8 Å². The lowest BCUT2D eigenvalue weighted by Gasteiger charge is -2.31. The topological polar surface area (TPSA) is 170 Å². The lowest BCUT2D eigenvalue weighted by atomic mass is 9.86. The van der Waals surface area contributed by atoms with Gasteiger partial charge in [-0.1, -0.05) is 26.8 Å². The zero-order chi connectivity index (χ0) is 33.3. The first-order chi connectivity index (χ1) is 21.0. The Kier molecular flexibility index (Phi) is 9.72. The molecule has 240 valence electrons. The molecule has 2 N–H and O–H groups in total. The van der Waals surface area contributed by atoms with Gasteiger partial charge < -0.3 is 28.9 Å². The van der Waals surface area contributed by atoms with Gasteiger partial charge in [0.05, 0.1) is 19.1 Å². The molecule has 2 aromatic heterocycles. The molecule has 0 saturated carbocycles. The number of alkyl carbamates (subject to hydrolysis) is 1. The summed E-state index contributed by atoms with van der Waals surface area (Å²) in [5, 5.41) is 15.1. The molecular weight excluding hydrogens is 653 g/mol. The molecule has 0 bridgehead atoms. The van der Waals surface area contributed by atoms with Crippen molar-refractivity contribution in [1.29, 1.82) is 5.26 Å². The van der Waals surface area contributed by atoms with Crippen molar-refractivity contribution in [2.45, 2.75) is 84.4 Å². The van der Waals surface area contributed by atoms with Crippen molar-refractivity contribution in [2.24, 2.45) is 5.41 Å². The first-order valence-electron chi connectivity index (χ1n) is 14.2. The van der Waals surface area contributed by atoms with E-state index in [9.17, 15) is 19.6 Å². The zero-order valence-electron chi connectivity index (χ0n) is 26.0. The summed E-state index contributed by atoms with van der Waals surface area (Å²) in [4.78, 5) is 47.2. The minimum atomic E-state index is -1.20. The molecule has 0 spiro atoms. The molecule has 2 amide bonds. The van der Waals surface area contributed by atoms with Crippen molar-refractivity contribution in [3.63, 3.8) is 0 Å². The number of methoxy groups -OCH3 is 1. The van der Waals surface area contributed by atoms with Crippen molar-refractivity contribution in [1.82, 2.24) is 20.6 Å². The molecule has 1 unspecified atom stereocenters. The van der Waals surface area contributed by atoms with Gasteiger partial charge in [0.2, 0.25) is 16.5 Å². The van der Waals surface area contributed by atoms with Crippen molar-refractivity contribution < 1.29 is 37.1 Å². The average molecular weight is 689 g/mol. The van der Waals surface area contributed by atoms with Crippen molar-refractivity contribution in [2.75, 3.05) is 7.11 Å². The fourth-order valence-electron chi connectivity index (χ4n) is 4.93. The maximum absolute atomic E-state index is 15.0. The Hall–Kier alpha value is -4.25. The number of oxazole rings is 2. The van der Waals surface area contributed by atoms with Gasteiger partial charge in [0.15, 0.2) is 11.4 Å². The first kappa shape index (κ1) is 33.6. The molecule has 0 saturated heterocycles. The summed E-state index contributed by atoms with van der Waals surface area (Å²) in [6.07, 6.45) is 1.18. The Morgan fingerprint density at radius 2 is 1.89 bits per heavy atom. The lowest BCUT2D eigenvalue weighted by Crippen LogP contribution is -2.51. The van der Waals surface area contributed by atoms with E-state index in [0.717, 1.165) is 6.26 Å². The molecule has 0 fully saturated rings. The van der Waals surface area contributed by atoms with Gasteiger partial charge in [0.1, 0.15) is 29.8 Å². The third-order valence-corrected chi connectivity index (χ3v) is 7.59. The number of fused-ring (bicyclic) bond motifs is 1. The van der Waals surface area contributed by atoms with Crippen LogP contribution in [0.4, 0.5) is 9.18 Å². The van der Waals surface area contributed by atoms with E-state index in [1.165, 1.54) is 13.2 Å². The molecule has 0 aliphatic heterocycles. The van der Waals surface area contributed by atoms with E-state index in [2.05, 4.69) is 47.3 Å². The molecule has 12 nitrogen and oxygen atoms in total. The summed E-state index contributed by atoms with van der Waals surface area (Å²) < 4.78 is 36.5. The number of halogens is 2. The molecule has 2 heterocycles. The highest BCUT2D eigenvalue weighted by Gasteiger charge is 2.37. The minimum absolute atomic E-state index is 0.0185. The third kappa shape index (κ3) is 7.89. The highest BCUT2D eigenvalue weighted by atomic mass is 79.9. The lowest BCUT2D eigenvalue weighted by molar-refractivity contribution is -0.125. The Labute approximate surface area is 268 Å². The number of nitriles is 1. The van der Waals surface area contributed by atoms with Crippen LogP contribution in [0, 0.1) is 22.6 Å². The summed E-state index contributed by atoms with van der Waals surface area (Å²) in [5.74, 6) is -2.14. The van der Waals surface area contributed by atoms with Gasteiger partial charge in [-0.25, -0.2) is 23.9 Å². The highest BCUT2D eigenvalue weighted by Crippen LogP contribution is 2.38. The fourth-order valence-corrected chi connectivity index (χ4v) is 5.35. The molecule has 0 radical (unpaired) electrons. The van der Waals surface area contributed by atoms with Crippen LogP contribution in [0.15, 0.2) is 31.9 Å². The summed E-state index contributed by atoms with van der Waals surface area (Å²) in [6, 6.07) is 3.21. The predicted molar refractivity (Wildman–Crippen MR) is 161 cm³/mol. The van der Waals surface area contributed by atoms with Gasteiger partial charge in [-0.15, -0.1) is 0 Å². The Balaban J connectivity index is 1.65. The van der Waals surface area contributed by atoms with Crippen LogP contribution >= 0.6 is 15.9 Å². The van der Waals surface area contributed by atoms with E-state index in [-0.39, 0.29) is 34.3 Å². The van der Waals surface area contributed by atoms with E-state index >= 15 is 4.39 Å². The molecule has 4 rings (SSSR count). The summed E-state index contributed by atoms with van der Waals surface area (Å²) in [6.45, 7) is 10.6. The van der Waals surface area contributed by atoms with E-state index in [4.69, 9.17) is 13.6 Å². The minimum Gasteiger partial charge on any atom is -0.464 e. The molecule has 1 aliphatic rings. The summed E-state index contributed by atoms with van der Waals surface area (Å²) in [7, 11) is 1.21. The monoisotopic (exact) mass is 687 g/mol. The van der Waals surface area contributed by atoms with Gasteiger partial charge in [-0.3, -0.25) is 4.79 Å². The predicted octanol–water partition coefficient (Wildman–Crippen LogP) is 5.91. The van der Waals surface area contributed by atoms with Gasteiger partial charge in [-0.05, 0) is 77.7 Å².